The molecule has 22 heteroatoms. The van der Waals surface area contributed by atoms with Gasteiger partial charge in [-0.3, -0.25) is 9.59 Å². The Hall–Kier alpha value is 2.90. The van der Waals surface area contributed by atoms with E-state index >= 15 is 0 Å². The quantitative estimate of drug-likeness (QED) is 0.0244. The fraction of sp³-hybridized carbons (Fsp3) is 0.905. The third kappa shape index (κ3) is 41.0. The highest BCUT2D eigenvalue weighted by Crippen LogP contribution is 2.20. The van der Waals surface area contributed by atoms with Crippen molar-refractivity contribution in [3.05, 3.63) is 0 Å². The number of aliphatic hydroxyl groups is 2. The standard InChI is InChI=1S/C21H40O10S12/c22-7-36-17-38-9-26-20(24)5-34-15-42-14-33-4-2-29-31-12-41-19-39-10-27-21(25)6-35-16-43-13-32-3-1-28-30-11-40-18-37-8-23/h22-23H,1-19H2. The monoisotopic (exact) mass is 836 g/mol. The second kappa shape index (κ2) is 41.1. The normalized spacial score (nSPS) is 11.2. The van der Waals surface area contributed by atoms with E-state index < -0.39 is 0 Å². The van der Waals surface area contributed by atoms with Gasteiger partial charge in [-0.2, -0.15) is 0 Å². The van der Waals surface area contributed by atoms with E-state index in [1.54, 1.807) is 94.1 Å². The maximum absolute atomic E-state index is 11.8. The lowest BCUT2D eigenvalue weighted by Gasteiger charge is -2.06. The van der Waals surface area contributed by atoms with Crippen molar-refractivity contribution >= 4 is 153 Å². The van der Waals surface area contributed by atoms with Crippen molar-refractivity contribution in [3.8, 4) is 0 Å². The van der Waals surface area contributed by atoms with Crippen LogP contribution < -0.4 is 0 Å². The van der Waals surface area contributed by atoms with Gasteiger partial charge < -0.3 is 19.7 Å². The molecule has 0 atom stereocenters. The number of carbonyl (C=O) groups excluding carboxylic acids is 2. The summed E-state index contributed by atoms with van der Waals surface area (Å²) >= 11 is 19.0. The number of carbonyl (C=O) groups is 2. The molecule has 0 amide bonds. The Labute approximate surface area is 306 Å². The molecule has 0 fully saturated rings. The largest absolute Gasteiger partial charge is 0.454 e. The maximum Gasteiger partial charge on any atom is 0.316 e. The number of ether oxygens (including phenoxy) is 2. The van der Waals surface area contributed by atoms with Crippen LogP contribution in [-0.4, -0.2) is 130 Å². The molecule has 0 aliphatic carbocycles. The average Bonchev–Trinajstić information content (AvgIpc) is 3.00. The number of rotatable bonds is 36. The number of esters is 2. The van der Waals surface area contributed by atoms with Gasteiger partial charge in [0, 0.05) is 47.1 Å². The first-order valence-corrected chi connectivity index (χ1v) is 26.0. The molecule has 0 bridgehead atoms. The molecule has 0 spiro atoms. The van der Waals surface area contributed by atoms with Gasteiger partial charge in [-0.1, -0.05) is 0 Å². The van der Waals surface area contributed by atoms with Crippen molar-refractivity contribution in [1.82, 2.24) is 0 Å². The molecular formula is C21H40O10S12. The van der Waals surface area contributed by atoms with E-state index in [4.69, 9.17) is 39.2 Å². The molecule has 0 aliphatic heterocycles. The summed E-state index contributed by atoms with van der Waals surface area (Å²) in [6.07, 6.45) is 0. The molecule has 0 saturated carbocycles. The Morgan fingerprint density at radius 3 is 1.23 bits per heavy atom. The summed E-state index contributed by atoms with van der Waals surface area (Å²) in [6, 6.07) is 0. The van der Waals surface area contributed by atoms with Gasteiger partial charge in [0.2, 0.25) is 0 Å². The molecule has 0 saturated heterocycles. The predicted molar refractivity (Wildman–Crippen MR) is 205 cm³/mol. The van der Waals surface area contributed by atoms with Crippen LogP contribution in [0.3, 0.4) is 0 Å². The first kappa shape index (κ1) is 45.9. The summed E-state index contributed by atoms with van der Waals surface area (Å²) in [5, 5.41) is 23.0. The summed E-state index contributed by atoms with van der Waals surface area (Å²) < 4.78 is 10.3. The van der Waals surface area contributed by atoms with Crippen LogP contribution in [-0.2, 0) is 38.6 Å². The highest BCUT2D eigenvalue weighted by atomic mass is 32.2. The third-order valence-corrected chi connectivity index (χ3v) is 16.0. The van der Waals surface area contributed by atoms with Crippen molar-refractivity contribution in [1.29, 1.82) is 0 Å². The predicted octanol–water partition coefficient (Wildman–Crippen LogP) is 6.20. The molecule has 0 radical (unpaired) electrons. The summed E-state index contributed by atoms with van der Waals surface area (Å²) in [7, 11) is 0. The lowest BCUT2D eigenvalue weighted by molar-refractivity contribution is -0.274. The van der Waals surface area contributed by atoms with Gasteiger partial charge in [-0.15, -0.1) is 141 Å². The summed E-state index contributed by atoms with van der Waals surface area (Å²) in [6.45, 7) is 1.04. The van der Waals surface area contributed by atoms with Crippen LogP contribution in [0.25, 0.3) is 0 Å². The van der Waals surface area contributed by atoms with Crippen LogP contribution in [0, 0.1) is 0 Å². The van der Waals surface area contributed by atoms with Crippen LogP contribution >= 0.6 is 141 Å². The first-order valence-electron chi connectivity index (χ1n) is 12.1. The van der Waals surface area contributed by atoms with Gasteiger partial charge in [0.15, 0.2) is 0 Å². The van der Waals surface area contributed by atoms with Crippen molar-refractivity contribution in [2.45, 2.75) is 0 Å². The lowest BCUT2D eigenvalue weighted by atomic mass is 10.8. The van der Waals surface area contributed by atoms with E-state index in [2.05, 4.69) is 0 Å². The van der Waals surface area contributed by atoms with Crippen molar-refractivity contribution < 1.29 is 48.8 Å². The average molecular weight is 837 g/mol. The van der Waals surface area contributed by atoms with E-state index in [0.29, 0.717) is 53.6 Å². The van der Waals surface area contributed by atoms with E-state index in [1.807, 2.05) is 0 Å². The van der Waals surface area contributed by atoms with Gasteiger partial charge in [0.25, 0.3) is 0 Å². The Kier molecular flexibility index (Phi) is 43.8. The zero-order chi connectivity index (χ0) is 31.3. The van der Waals surface area contributed by atoms with Gasteiger partial charge in [-0.25, -0.2) is 19.6 Å². The Balaban J connectivity index is 3.19. The minimum Gasteiger partial charge on any atom is -0.454 e. The van der Waals surface area contributed by atoms with Crippen LogP contribution in [0.15, 0.2) is 0 Å². The minimum atomic E-state index is -0.208. The molecule has 256 valence electrons. The lowest BCUT2D eigenvalue weighted by Crippen LogP contribution is -2.07. The van der Waals surface area contributed by atoms with E-state index in [9.17, 15) is 9.59 Å². The number of hydrogen-bond acceptors (Lipinski definition) is 22. The molecule has 43 heavy (non-hydrogen) atoms. The summed E-state index contributed by atoms with van der Waals surface area (Å²) in [4.78, 5) is 43.7. The van der Waals surface area contributed by atoms with Crippen LogP contribution in [0.1, 0.15) is 0 Å². The van der Waals surface area contributed by atoms with Crippen LogP contribution in [0.4, 0.5) is 0 Å². The highest BCUT2D eigenvalue weighted by molar-refractivity contribution is 8.23. The molecule has 0 aliphatic rings. The number of hydrogen-bond donors (Lipinski definition) is 2. The molecule has 10 nitrogen and oxygen atoms in total. The van der Waals surface area contributed by atoms with Crippen LogP contribution in [0.5, 0.6) is 0 Å². The molecule has 0 aromatic rings. The Morgan fingerprint density at radius 1 is 0.419 bits per heavy atom. The molecule has 0 heterocycles. The summed E-state index contributed by atoms with van der Waals surface area (Å²) in [5.41, 5.74) is 0. The maximum atomic E-state index is 11.8. The fourth-order valence-corrected chi connectivity index (χ4v) is 11.7. The fourth-order valence-electron chi connectivity index (χ4n) is 1.80. The SMILES string of the molecule is O=C(CSCSCSCCOOCSCSCOC(=O)CSCSCSCCOOCSCSCO)OCSCSCO. The minimum absolute atomic E-state index is 0.0797. The van der Waals surface area contributed by atoms with Crippen molar-refractivity contribution in [2.75, 3.05) is 107 Å². The summed E-state index contributed by atoms with van der Waals surface area (Å²) in [5.74, 6) is 3.69. The van der Waals surface area contributed by atoms with Gasteiger partial charge in [0.05, 0.1) is 36.6 Å². The number of aliphatic hydroxyl groups excluding tert-OH is 2. The van der Waals surface area contributed by atoms with Crippen molar-refractivity contribution in [3.63, 3.8) is 0 Å². The Morgan fingerprint density at radius 2 is 0.791 bits per heavy atom. The first-order chi connectivity index (χ1) is 21.2. The van der Waals surface area contributed by atoms with Gasteiger partial charge >= 0.3 is 11.9 Å². The molecule has 0 rings (SSSR count). The Bertz CT molecular complexity index is 607. The zero-order valence-electron chi connectivity index (χ0n) is 23.5. The molecule has 0 unspecified atom stereocenters. The molecular weight excluding hydrogens is 797 g/mol. The topological polar surface area (TPSA) is 130 Å². The second-order valence-electron chi connectivity index (χ2n) is 6.61. The third-order valence-electron chi connectivity index (χ3n) is 3.45. The van der Waals surface area contributed by atoms with E-state index in [-0.39, 0.29) is 23.8 Å². The van der Waals surface area contributed by atoms with Gasteiger partial charge in [0.1, 0.15) is 23.8 Å². The van der Waals surface area contributed by atoms with E-state index in [0.717, 1.165) is 42.0 Å². The molecule has 2 N–H and O–H groups in total. The van der Waals surface area contributed by atoms with Crippen LogP contribution in [0.2, 0.25) is 0 Å². The molecule has 0 aromatic heterocycles. The van der Waals surface area contributed by atoms with E-state index in [1.165, 1.54) is 47.0 Å². The number of thioether (sulfide) groups is 12. The molecule has 0 aromatic carbocycles. The smallest absolute Gasteiger partial charge is 0.316 e. The zero-order valence-corrected chi connectivity index (χ0v) is 33.3. The second-order valence-corrected chi connectivity index (χ2v) is 21.0. The van der Waals surface area contributed by atoms with Crippen molar-refractivity contribution in [2.24, 2.45) is 0 Å². The van der Waals surface area contributed by atoms with Gasteiger partial charge in [-0.05, 0) is 0 Å². The highest BCUT2D eigenvalue weighted by Gasteiger charge is 2.05.